The third kappa shape index (κ3) is 2.26. The lowest BCUT2D eigenvalue weighted by Crippen LogP contribution is -2.00. The van der Waals surface area contributed by atoms with Crippen molar-refractivity contribution in [2.24, 2.45) is 0 Å². The van der Waals surface area contributed by atoms with Crippen molar-refractivity contribution in [3.05, 3.63) is 77.9 Å². The van der Waals surface area contributed by atoms with Gasteiger partial charge in [0.2, 0.25) is 0 Å². The van der Waals surface area contributed by atoms with E-state index in [0.717, 1.165) is 27.6 Å². The smallest absolute Gasteiger partial charge is 0.118 e. The quantitative estimate of drug-likeness (QED) is 0.776. The van der Waals surface area contributed by atoms with E-state index in [4.69, 9.17) is 4.74 Å². The summed E-state index contributed by atoms with van der Waals surface area (Å²) in [5.74, 6) is 0.791. The summed E-state index contributed by atoms with van der Waals surface area (Å²) in [6, 6.07) is 21.6. The second-order valence-electron chi connectivity index (χ2n) is 4.74. The lowest BCUT2D eigenvalue weighted by atomic mass is 9.96. The molecule has 1 unspecified atom stereocenters. The number of fused-ring (bicyclic) bond motifs is 1. The zero-order chi connectivity index (χ0) is 13.9. The van der Waals surface area contributed by atoms with E-state index in [1.165, 1.54) is 0 Å². The molecule has 3 rings (SSSR count). The van der Waals surface area contributed by atoms with Gasteiger partial charge in [0.25, 0.3) is 0 Å². The highest BCUT2D eigenvalue weighted by Crippen LogP contribution is 2.29. The molecule has 1 N–H and O–H groups in total. The summed E-state index contributed by atoms with van der Waals surface area (Å²) in [6.45, 7) is 0. The molecule has 0 aliphatic rings. The molecule has 0 aromatic heterocycles. The summed E-state index contributed by atoms with van der Waals surface area (Å²) in [4.78, 5) is 0. The van der Waals surface area contributed by atoms with Gasteiger partial charge in [-0.05, 0) is 34.0 Å². The van der Waals surface area contributed by atoms with E-state index in [-0.39, 0.29) is 0 Å². The number of aliphatic hydroxyl groups is 1. The average molecular weight is 264 g/mol. The first-order chi connectivity index (χ1) is 9.79. The molecule has 0 aliphatic heterocycles. The summed E-state index contributed by atoms with van der Waals surface area (Å²) < 4.78 is 5.14. The second kappa shape index (κ2) is 5.35. The van der Waals surface area contributed by atoms with Crippen LogP contribution in [0, 0.1) is 0 Å². The van der Waals surface area contributed by atoms with Crippen LogP contribution in [0.5, 0.6) is 5.75 Å². The number of ether oxygens (including phenoxy) is 1. The highest BCUT2D eigenvalue weighted by molar-refractivity contribution is 5.86. The van der Waals surface area contributed by atoms with Gasteiger partial charge in [0.05, 0.1) is 7.11 Å². The molecule has 0 radical (unpaired) electrons. The van der Waals surface area contributed by atoms with Gasteiger partial charge in [-0.25, -0.2) is 0 Å². The van der Waals surface area contributed by atoms with Crippen molar-refractivity contribution < 1.29 is 9.84 Å². The summed E-state index contributed by atoms with van der Waals surface area (Å²) >= 11 is 0. The maximum Gasteiger partial charge on any atom is 0.118 e. The molecular formula is C18H16O2. The van der Waals surface area contributed by atoms with Crippen molar-refractivity contribution in [1.82, 2.24) is 0 Å². The monoisotopic (exact) mass is 264 g/mol. The SMILES string of the molecule is COc1ccc(C(O)c2cccc3ccccc23)cc1. The fourth-order valence-corrected chi connectivity index (χ4v) is 2.45. The molecule has 0 bridgehead atoms. The van der Waals surface area contributed by atoms with Gasteiger partial charge in [-0.3, -0.25) is 0 Å². The molecule has 1 atom stereocenters. The second-order valence-corrected chi connectivity index (χ2v) is 4.74. The molecule has 20 heavy (non-hydrogen) atoms. The van der Waals surface area contributed by atoms with Crippen LogP contribution in [0.4, 0.5) is 0 Å². The summed E-state index contributed by atoms with van der Waals surface area (Å²) in [7, 11) is 1.64. The molecule has 0 saturated heterocycles. The predicted octanol–water partition coefficient (Wildman–Crippen LogP) is 3.93. The van der Waals surface area contributed by atoms with Crippen molar-refractivity contribution in [2.45, 2.75) is 6.10 Å². The molecule has 0 heterocycles. The lowest BCUT2D eigenvalue weighted by molar-refractivity contribution is 0.222. The molecule has 0 amide bonds. The summed E-state index contributed by atoms with van der Waals surface area (Å²) in [5.41, 5.74) is 1.79. The third-order valence-corrected chi connectivity index (χ3v) is 3.55. The molecule has 0 spiro atoms. The zero-order valence-corrected chi connectivity index (χ0v) is 11.3. The molecule has 0 fully saturated rings. The van der Waals surface area contributed by atoms with Gasteiger partial charge in [0, 0.05) is 0 Å². The van der Waals surface area contributed by atoms with Crippen LogP contribution in [-0.4, -0.2) is 12.2 Å². The standard InChI is InChI=1S/C18H16O2/c1-20-15-11-9-14(10-12-15)18(19)17-8-4-6-13-5-2-3-7-16(13)17/h2-12,18-19H,1H3. The highest BCUT2D eigenvalue weighted by Gasteiger charge is 2.13. The molecule has 3 aromatic carbocycles. The zero-order valence-electron chi connectivity index (χ0n) is 11.3. The minimum absolute atomic E-state index is 0.632. The van der Waals surface area contributed by atoms with Crippen LogP contribution in [0.25, 0.3) is 10.8 Å². The Morgan fingerprint density at radius 2 is 1.55 bits per heavy atom. The Kier molecular flexibility index (Phi) is 3.40. The van der Waals surface area contributed by atoms with Crippen molar-refractivity contribution in [2.75, 3.05) is 7.11 Å². The number of aliphatic hydroxyl groups excluding tert-OH is 1. The van der Waals surface area contributed by atoms with Gasteiger partial charge in [0.15, 0.2) is 0 Å². The van der Waals surface area contributed by atoms with Crippen LogP contribution in [0.1, 0.15) is 17.2 Å². The molecule has 0 saturated carbocycles. The summed E-state index contributed by atoms with van der Waals surface area (Å²) in [6.07, 6.45) is -0.632. The Morgan fingerprint density at radius 1 is 0.850 bits per heavy atom. The van der Waals surface area contributed by atoms with Gasteiger partial charge >= 0.3 is 0 Å². The Bertz CT molecular complexity index is 712. The number of hydrogen-bond acceptors (Lipinski definition) is 2. The Balaban J connectivity index is 2.05. The van der Waals surface area contributed by atoms with Gasteiger partial charge < -0.3 is 9.84 Å². The molecule has 3 aromatic rings. The van der Waals surface area contributed by atoms with Crippen molar-refractivity contribution >= 4 is 10.8 Å². The first kappa shape index (κ1) is 12.7. The van der Waals surface area contributed by atoms with Crippen molar-refractivity contribution in [1.29, 1.82) is 0 Å². The summed E-state index contributed by atoms with van der Waals surface area (Å²) in [5, 5.41) is 12.8. The minimum atomic E-state index is -0.632. The first-order valence-electron chi connectivity index (χ1n) is 6.59. The number of hydrogen-bond donors (Lipinski definition) is 1. The van der Waals surface area contributed by atoms with Gasteiger partial charge in [0.1, 0.15) is 11.9 Å². The van der Waals surface area contributed by atoms with E-state index in [1.54, 1.807) is 7.11 Å². The van der Waals surface area contributed by atoms with Gasteiger partial charge in [-0.15, -0.1) is 0 Å². The van der Waals surface area contributed by atoms with Gasteiger partial charge in [-0.2, -0.15) is 0 Å². The molecule has 100 valence electrons. The molecule has 2 heteroatoms. The highest BCUT2D eigenvalue weighted by atomic mass is 16.5. The molecule has 2 nitrogen and oxygen atoms in total. The van der Waals surface area contributed by atoms with E-state index in [1.807, 2.05) is 54.6 Å². The van der Waals surface area contributed by atoms with Crippen LogP contribution < -0.4 is 4.74 Å². The number of rotatable bonds is 3. The van der Waals surface area contributed by atoms with E-state index in [9.17, 15) is 5.11 Å². The Morgan fingerprint density at radius 3 is 2.30 bits per heavy atom. The maximum absolute atomic E-state index is 10.6. The first-order valence-corrected chi connectivity index (χ1v) is 6.59. The van der Waals surface area contributed by atoms with E-state index >= 15 is 0 Å². The number of methoxy groups -OCH3 is 1. The van der Waals surface area contributed by atoms with E-state index in [0.29, 0.717) is 0 Å². The fourth-order valence-electron chi connectivity index (χ4n) is 2.45. The van der Waals surface area contributed by atoms with Crippen LogP contribution in [-0.2, 0) is 0 Å². The Labute approximate surface area is 118 Å². The maximum atomic E-state index is 10.6. The lowest BCUT2D eigenvalue weighted by Gasteiger charge is -2.14. The van der Waals surface area contributed by atoms with Crippen LogP contribution >= 0.6 is 0 Å². The normalized spacial score (nSPS) is 12.3. The van der Waals surface area contributed by atoms with Crippen LogP contribution in [0.2, 0.25) is 0 Å². The van der Waals surface area contributed by atoms with Crippen LogP contribution in [0.3, 0.4) is 0 Å². The number of benzene rings is 3. The van der Waals surface area contributed by atoms with E-state index in [2.05, 4.69) is 12.1 Å². The Hall–Kier alpha value is -2.32. The van der Waals surface area contributed by atoms with Crippen molar-refractivity contribution in [3.8, 4) is 5.75 Å². The van der Waals surface area contributed by atoms with Crippen molar-refractivity contribution in [3.63, 3.8) is 0 Å². The molecule has 0 aliphatic carbocycles. The topological polar surface area (TPSA) is 29.5 Å². The third-order valence-electron chi connectivity index (χ3n) is 3.55. The fraction of sp³-hybridized carbons (Fsp3) is 0.111. The van der Waals surface area contributed by atoms with Crippen LogP contribution in [0.15, 0.2) is 66.7 Å². The largest absolute Gasteiger partial charge is 0.497 e. The predicted molar refractivity (Wildman–Crippen MR) is 81.0 cm³/mol. The average Bonchev–Trinajstić information content (AvgIpc) is 2.54. The van der Waals surface area contributed by atoms with Gasteiger partial charge in [-0.1, -0.05) is 54.6 Å². The minimum Gasteiger partial charge on any atom is -0.497 e. The van der Waals surface area contributed by atoms with E-state index < -0.39 is 6.10 Å². The molecular weight excluding hydrogens is 248 g/mol.